The van der Waals surface area contributed by atoms with Crippen molar-refractivity contribution in [1.29, 1.82) is 0 Å². The van der Waals surface area contributed by atoms with Crippen molar-refractivity contribution in [2.45, 2.75) is 26.4 Å². The molecule has 2 atom stereocenters. The first kappa shape index (κ1) is 23.1. The molecular formula is C19H29BrN2O6. The number of fused-ring (bicyclic) bond motifs is 1. The number of hydroxylamine groups is 2. The zero-order valence-electron chi connectivity index (χ0n) is 16.9. The van der Waals surface area contributed by atoms with Crippen LogP contribution >= 0.6 is 15.9 Å². The van der Waals surface area contributed by atoms with Gasteiger partial charge in [-0.3, -0.25) is 14.8 Å². The average molecular weight is 461 g/mol. The lowest BCUT2D eigenvalue weighted by atomic mass is 9.72. The van der Waals surface area contributed by atoms with Crippen molar-refractivity contribution in [3.63, 3.8) is 0 Å². The fraction of sp³-hybridized carbons (Fsp3) is 0.632. The van der Waals surface area contributed by atoms with Crippen LogP contribution in [0, 0.1) is 5.41 Å². The maximum atomic E-state index is 13.5. The Morgan fingerprint density at radius 1 is 1.43 bits per heavy atom. The molecule has 2 unspecified atom stereocenters. The van der Waals surface area contributed by atoms with Crippen LogP contribution in [0.4, 0.5) is 0 Å². The molecule has 2 aliphatic rings. The number of piperidine rings is 1. The van der Waals surface area contributed by atoms with Crippen LogP contribution in [0.15, 0.2) is 34.3 Å². The SMILES string of the molecule is C=C1C(Br)=CN2CC(OCCN(O)OCC)C(C)(CCOC)C(=O)C2=C1OC. The molecule has 2 rings (SSSR count). The fourth-order valence-electron chi connectivity index (χ4n) is 3.37. The van der Waals surface area contributed by atoms with E-state index in [0.717, 1.165) is 9.71 Å². The van der Waals surface area contributed by atoms with E-state index in [1.54, 1.807) is 14.0 Å². The molecule has 1 saturated heterocycles. The van der Waals surface area contributed by atoms with Gasteiger partial charge in [0, 0.05) is 30.0 Å². The molecule has 0 aromatic heterocycles. The van der Waals surface area contributed by atoms with Crippen molar-refractivity contribution >= 4 is 21.7 Å². The Morgan fingerprint density at radius 3 is 2.75 bits per heavy atom. The summed E-state index contributed by atoms with van der Waals surface area (Å²) in [6, 6.07) is 0. The fourth-order valence-corrected chi connectivity index (χ4v) is 3.79. The molecular weight excluding hydrogens is 432 g/mol. The normalized spacial score (nSPS) is 25.3. The third-order valence-corrected chi connectivity index (χ3v) is 5.73. The smallest absolute Gasteiger partial charge is 0.191 e. The van der Waals surface area contributed by atoms with Crippen LogP contribution in [-0.2, 0) is 23.8 Å². The molecule has 0 spiro atoms. The Hall–Kier alpha value is -1.23. The quantitative estimate of drug-likeness (QED) is 0.498. The summed E-state index contributed by atoms with van der Waals surface area (Å²) in [4.78, 5) is 20.3. The minimum atomic E-state index is -0.810. The first-order valence-corrected chi connectivity index (χ1v) is 9.96. The summed E-state index contributed by atoms with van der Waals surface area (Å²) in [6.45, 7) is 9.27. The molecule has 0 radical (unpaired) electrons. The minimum absolute atomic E-state index is 0.0827. The number of methoxy groups -OCH3 is 2. The highest BCUT2D eigenvalue weighted by atomic mass is 79.9. The van der Waals surface area contributed by atoms with E-state index in [-0.39, 0.29) is 18.9 Å². The lowest BCUT2D eigenvalue weighted by molar-refractivity contribution is -0.342. The molecule has 0 bridgehead atoms. The van der Waals surface area contributed by atoms with Gasteiger partial charge in [0.05, 0.1) is 44.9 Å². The molecule has 1 N–H and O–H groups in total. The van der Waals surface area contributed by atoms with E-state index >= 15 is 0 Å². The molecule has 0 aromatic carbocycles. The molecule has 8 nitrogen and oxygen atoms in total. The molecule has 9 heteroatoms. The van der Waals surface area contributed by atoms with Gasteiger partial charge >= 0.3 is 0 Å². The van der Waals surface area contributed by atoms with Crippen LogP contribution in [0.25, 0.3) is 0 Å². The molecule has 0 saturated carbocycles. The summed E-state index contributed by atoms with van der Waals surface area (Å²) in [6.07, 6.45) is 1.91. The molecule has 1 fully saturated rings. The summed E-state index contributed by atoms with van der Waals surface area (Å²) in [5, 5.41) is 10.3. The van der Waals surface area contributed by atoms with E-state index in [9.17, 15) is 10.0 Å². The Kier molecular flexibility index (Phi) is 8.23. The second kappa shape index (κ2) is 10.00. The van der Waals surface area contributed by atoms with Crippen LogP contribution < -0.4 is 0 Å². The summed E-state index contributed by atoms with van der Waals surface area (Å²) < 4.78 is 17.5. The van der Waals surface area contributed by atoms with Crippen LogP contribution in [0.2, 0.25) is 0 Å². The highest BCUT2D eigenvalue weighted by Crippen LogP contribution is 2.44. The van der Waals surface area contributed by atoms with Crippen LogP contribution in [0.1, 0.15) is 20.3 Å². The molecule has 0 amide bonds. The van der Waals surface area contributed by atoms with Crippen molar-refractivity contribution in [3.8, 4) is 0 Å². The van der Waals surface area contributed by atoms with Gasteiger partial charge in [-0.2, -0.15) is 0 Å². The van der Waals surface area contributed by atoms with Gasteiger partial charge in [0.15, 0.2) is 11.5 Å². The molecule has 28 heavy (non-hydrogen) atoms. The lowest BCUT2D eigenvalue weighted by Gasteiger charge is -2.46. The van der Waals surface area contributed by atoms with Crippen molar-refractivity contribution in [1.82, 2.24) is 10.1 Å². The third-order valence-electron chi connectivity index (χ3n) is 5.05. The third kappa shape index (κ3) is 4.67. The predicted octanol–water partition coefficient (Wildman–Crippen LogP) is 2.61. The predicted molar refractivity (Wildman–Crippen MR) is 106 cm³/mol. The second-order valence-electron chi connectivity index (χ2n) is 6.83. The number of halogens is 1. The number of carbonyl (C=O) groups is 1. The van der Waals surface area contributed by atoms with E-state index in [2.05, 4.69) is 22.5 Å². The Labute approximate surface area is 174 Å². The number of carbonyl (C=O) groups excluding carboxylic acids is 1. The maximum absolute atomic E-state index is 13.5. The first-order chi connectivity index (χ1) is 13.3. The highest BCUT2D eigenvalue weighted by Gasteiger charge is 2.51. The zero-order chi connectivity index (χ0) is 20.9. The monoisotopic (exact) mass is 460 g/mol. The van der Waals surface area contributed by atoms with Crippen molar-refractivity contribution in [2.24, 2.45) is 5.41 Å². The average Bonchev–Trinajstić information content (AvgIpc) is 2.66. The van der Waals surface area contributed by atoms with Crippen LogP contribution in [-0.4, -0.2) is 74.4 Å². The number of ketones is 1. The summed E-state index contributed by atoms with van der Waals surface area (Å²) in [5.74, 6) is 0.375. The maximum Gasteiger partial charge on any atom is 0.191 e. The zero-order valence-corrected chi connectivity index (χ0v) is 18.5. The van der Waals surface area contributed by atoms with Crippen molar-refractivity contribution in [2.75, 3.05) is 47.1 Å². The van der Waals surface area contributed by atoms with Gasteiger partial charge in [0.25, 0.3) is 0 Å². The molecule has 0 aliphatic carbocycles. The van der Waals surface area contributed by atoms with Gasteiger partial charge < -0.3 is 19.1 Å². The van der Waals surface area contributed by atoms with Crippen LogP contribution in [0.3, 0.4) is 0 Å². The van der Waals surface area contributed by atoms with Crippen LogP contribution in [0.5, 0.6) is 0 Å². The second-order valence-corrected chi connectivity index (χ2v) is 7.69. The van der Waals surface area contributed by atoms with E-state index in [0.29, 0.717) is 43.2 Å². The lowest BCUT2D eigenvalue weighted by Crippen LogP contribution is -2.56. The van der Waals surface area contributed by atoms with Gasteiger partial charge in [-0.15, -0.1) is 0 Å². The number of allylic oxidation sites excluding steroid dienone is 2. The number of ether oxygens (including phenoxy) is 3. The molecule has 158 valence electrons. The first-order valence-electron chi connectivity index (χ1n) is 9.16. The van der Waals surface area contributed by atoms with E-state index in [1.807, 2.05) is 18.0 Å². The molecule has 2 heterocycles. The van der Waals surface area contributed by atoms with Gasteiger partial charge in [-0.05, 0) is 36.2 Å². The van der Waals surface area contributed by atoms with E-state index in [4.69, 9.17) is 19.0 Å². The summed E-state index contributed by atoms with van der Waals surface area (Å²) in [5.41, 5.74) is 0.297. The summed E-state index contributed by atoms with van der Waals surface area (Å²) >= 11 is 3.47. The topological polar surface area (TPSA) is 80.7 Å². The number of rotatable bonds is 10. The Bertz CT molecular complexity index is 665. The minimum Gasteiger partial charge on any atom is -0.494 e. The van der Waals surface area contributed by atoms with E-state index in [1.165, 1.54) is 7.11 Å². The molecule has 0 aromatic rings. The number of hydrogen-bond donors (Lipinski definition) is 1. The Morgan fingerprint density at radius 2 is 2.14 bits per heavy atom. The number of hydrogen-bond acceptors (Lipinski definition) is 8. The van der Waals surface area contributed by atoms with Crippen molar-refractivity contribution in [3.05, 3.63) is 34.3 Å². The van der Waals surface area contributed by atoms with Gasteiger partial charge in [0.1, 0.15) is 5.70 Å². The largest absolute Gasteiger partial charge is 0.494 e. The standard InChI is InChI=1S/C19H29BrN2O6/c1-6-28-22(24)8-10-27-15-12-21-11-14(20)13(2)17(26-5)16(21)18(23)19(15,3)7-9-25-4/h11,15,24H,2,6-10,12H2,1,3-5H3. The molecule has 2 aliphatic heterocycles. The highest BCUT2D eigenvalue weighted by molar-refractivity contribution is 9.12. The van der Waals surface area contributed by atoms with Crippen molar-refractivity contribution < 1.29 is 29.0 Å². The number of nitrogens with zero attached hydrogens (tertiary/aromatic N) is 2. The Balaban J connectivity index is 2.28. The van der Waals surface area contributed by atoms with E-state index < -0.39 is 11.5 Å². The number of Topliss-reactive ketones (excluding diaryl/α,β-unsaturated/α-hetero) is 1. The van der Waals surface area contributed by atoms with Gasteiger partial charge in [0.2, 0.25) is 0 Å². The van der Waals surface area contributed by atoms with Gasteiger partial charge in [-0.25, -0.2) is 0 Å². The summed E-state index contributed by atoms with van der Waals surface area (Å²) in [7, 11) is 3.13. The van der Waals surface area contributed by atoms with Gasteiger partial charge in [-0.1, -0.05) is 11.8 Å².